The Morgan fingerprint density at radius 1 is 1.32 bits per heavy atom. The number of aromatic nitrogens is 4. The number of allylic oxidation sites excluding steroid dienone is 1. The summed E-state index contributed by atoms with van der Waals surface area (Å²) in [5, 5.41) is 6.17. The number of alkyl halides is 1. The van der Waals surface area contributed by atoms with Crippen molar-refractivity contribution in [3.8, 4) is 0 Å². The van der Waals surface area contributed by atoms with Crippen molar-refractivity contribution in [1.29, 1.82) is 0 Å². The van der Waals surface area contributed by atoms with Gasteiger partial charge in [0.15, 0.2) is 0 Å². The second kappa shape index (κ2) is 8.47. The van der Waals surface area contributed by atoms with E-state index in [1.807, 2.05) is 28.5 Å². The number of rotatable bonds is 5. The Balaban J connectivity index is 1.66. The number of ketones is 1. The van der Waals surface area contributed by atoms with Crippen LogP contribution in [-0.2, 0) is 13.1 Å². The van der Waals surface area contributed by atoms with Gasteiger partial charge in [-0.25, -0.2) is 14.5 Å². The van der Waals surface area contributed by atoms with Crippen molar-refractivity contribution in [1.82, 2.24) is 19.7 Å². The van der Waals surface area contributed by atoms with Crippen LogP contribution in [-0.4, -0.2) is 32.1 Å². The lowest BCUT2D eigenvalue weighted by Crippen LogP contribution is -2.36. The average molecular weight is 442 g/mol. The Morgan fingerprint density at radius 2 is 2.13 bits per heavy atom. The number of nitrogens with one attached hydrogen (secondary N) is 1. The highest BCUT2D eigenvalue weighted by Crippen LogP contribution is 2.28. The first-order chi connectivity index (χ1) is 14.9. The molecule has 1 aliphatic rings. The molecule has 160 valence electrons. The lowest BCUT2D eigenvalue weighted by atomic mass is 9.96. The molecule has 2 aromatic heterocycles. The van der Waals surface area contributed by atoms with Gasteiger partial charge < -0.3 is 9.47 Å². The van der Waals surface area contributed by atoms with E-state index in [2.05, 4.69) is 15.2 Å². The number of anilines is 1. The maximum absolute atomic E-state index is 14.3. The van der Waals surface area contributed by atoms with E-state index >= 15 is 0 Å². The van der Waals surface area contributed by atoms with E-state index < -0.39 is 11.7 Å². The molecule has 7 nitrogen and oxygen atoms in total. The van der Waals surface area contributed by atoms with Gasteiger partial charge in [-0.1, -0.05) is 29.8 Å². The Morgan fingerprint density at radius 3 is 2.87 bits per heavy atom. The van der Waals surface area contributed by atoms with Gasteiger partial charge in [-0.2, -0.15) is 5.10 Å². The fourth-order valence-electron chi connectivity index (χ4n) is 3.79. The Hall–Kier alpha value is -3.26. The van der Waals surface area contributed by atoms with Crippen molar-refractivity contribution < 1.29 is 9.18 Å². The molecule has 0 amide bonds. The minimum absolute atomic E-state index is 0.0640. The third kappa shape index (κ3) is 3.90. The highest BCUT2D eigenvalue weighted by molar-refractivity contribution is 6.33. The van der Waals surface area contributed by atoms with Crippen LogP contribution in [0.15, 0.2) is 41.5 Å². The zero-order chi connectivity index (χ0) is 22.1. The van der Waals surface area contributed by atoms with Crippen LogP contribution < -0.4 is 10.5 Å². The predicted molar refractivity (Wildman–Crippen MR) is 117 cm³/mol. The molecule has 9 heteroatoms. The van der Waals surface area contributed by atoms with Gasteiger partial charge in [0.2, 0.25) is 5.78 Å². The minimum Gasteiger partial charge on any atom is -0.360 e. The van der Waals surface area contributed by atoms with E-state index in [1.54, 1.807) is 18.2 Å². The van der Waals surface area contributed by atoms with Gasteiger partial charge in [-0.15, -0.1) is 0 Å². The first kappa shape index (κ1) is 21.0. The SMILES string of the molecule is C/C=C/c1ccc(C(=O)c2cnc3n2CCN(c2cn[nH]c(=O)c2Cl)C3)c(C(C)F)c1. The van der Waals surface area contributed by atoms with E-state index in [9.17, 15) is 14.0 Å². The summed E-state index contributed by atoms with van der Waals surface area (Å²) >= 11 is 6.12. The first-order valence-corrected chi connectivity index (χ1v) is 10.3. The van der Waals surface area contributed by atoms with Crippen LogP contribution in [0.3, 0.4) is 0 Å². The summed E-state index contributed by atoms with van der Waals surface area (Å²) in [7, 11) is 0. The number of carbonyl (C=O) groups is 1. The third-order valence-electron chi connectivity index (χ3n) is 5.32. The zero-order valence-corrected chi connectivity index (χ0v) is 17.9. The second-order valence-corrected chi connectivity index (χ2v) is 7.70. The van der Waals surface area contributed by atoms with Gasteiger partial charge in [0.25, 0.3) is 5.56 Å². The number of imidazole rings is 1. The fraction of sp³-hybridized carbons (Fsp3) is 0.273. The summed E-state index contributed by atoms with van der Waals surface area (Å²) in [4.78, 5) is 31.3. The first-order valence-electron chi connectivity index (χ1n) is 9.88. The Bertz CT molecular complexity index is 1230. The number of H-pyrrole nitrogens is 1. The van der Waals surface area contributed by atoms with Gasteiger partial charge in [0.05, 0.1) is 24.6 Å². The molecule has 0 spiro atoms. The van der Waals surface area contributed by atoms with Crippen LogP contribution in [0.25, 0.3) is 6.08 Å². The van der Waals surface area contributed by atoms with E-state index in [4.69, 9.17) is 11.6 Å². The molecule has 3 aromatic rings. The molecule has 3 heterocycles. The molecule has 1 unspecified atom stereocenters. The molecule has 31 heavy (non-hydrogen) atoms. The van der Waals surface area contributed by atoms with E-state index in [0.29, 0.717) is 48.0 Å². The van der Waals surface area contributed by atoms with Crippen LogP contribution in [0.5, 0.6) is 0 Å². The van der Waals surface area contributed by atoms with E-state index in [1.165, 1.54) is 19.3 Å². The molecule has 0 fully saturated rings. The summed E-state index contributed by atoms with van der Waals surface area (Å²) in [6.07, 6.45) is 5.46. The van der Waals surface area contributed by atoms with E-state index in [0.717, 1.165) is 5.56 Å². The highest BCUT2D eigenvalue weighted by atomic mass is 35.5. The number of nitrogens with zero attached hydrogens (tertiary/aromatic N) is 4. The third-order valence-corrected chi connectivity index (χ3v) is 5.69. The summed E-state index contributed by atoms with van der Waals surface area (Å²) in [5.74, 6) is 0.390. The molecule has 1 aliphatic heterocycles. The predicted octanol–water partition coefficient (Wildman–Crippen LogP) is 3.93. The normalized spacial score (nSPS) is 14.6. The van der Waals surface area contributed by atoms with Crippen molar-refractivity contribution in [2.75, 3.05) is 11.4 Å². The standard InChI is InChI=1S/C22H21ClFN5O2/c1-3-4-14-5-6-15(16(9-14)13(2)24)21(30)18-10-25-19-12-28(7-8-29(18)19)17-11-26-27-22(31)20(17)23/h3-6,9-11,13H,7-8,12H2,1-2H3,(H,27,31)/b4-3+. The fourth-order valence-corrected chi connectivity index (χ4v) is 4.00. The molecule has 0 radical (unpaired) electrons. The smallest absolute Gasteiger partial charge is 0.285 e. The quantitative estimate of drug-likeness (QED) is 0.606. The summed E-state index contributed by atoms with van der Waals surface area (Å²) in [6.45, 7) is 4.66. The minimum atomic E-state index is -1.28. The molecule has 0 saturated carbocycles. The molecule has 0 aliphatic carbocycles. The number of fused-ring (bicyclic) bond motifs is 1. The molecular formula is C22H21ClFN5O2. The monoisotopic (exact) mass is 441 g/mol. The largest absolute Gasteiger partial charge is 0.360 e. The highest BCUT2D eigenvalue weighted by Gasteiger charge is 2.27. The second-order valence-electron chi connectivity index (χ2n) is 7.32. The Kier molecular flexibility index (Phi) is 5.73. The van der Waals surface area contributed by atoms with Gasteiger partial charge in [-0.05, 0) is 37.1 Å². The molecule has 1 atom stereocenters. The van der Waals surface area contributed by atoms with Gasteiger partial charge in [0, 0.05) is 18.7 Å². The maximum atomic E-state index is 14.3. The number of carbonyl (C=O) groups excluding carboxylic acids is 1. The van der Waals surface area contributed by atoms with Crippen molar-refractivity contribution in [2.45, 2.75) is 33.1 Å². The topological polar surface area (TPSA) is 83.9 Å². The summed E-state index contributed by atoms with van der Waals surface area (Å²) < 4.78 is 16.1. The molecule has 4 rings (SSSR count). The summed E-state index contributed by atoms with van der Waals surface area (Å²) in [6, 6.07) is 5.17. The molecule has 1 aromatic carbocycles. The number of halogens is 2. The number of hydrogen-bond acceptors (Lipinski definition) is 5. The van der Waals surface area contributed by atoms with Crippen molar-refractivity contribution in [2.24, 2.45) is 0 Å². The van der Waals surface area contributed by atoms with Crippen LogP contribution in [0.2, 0.25) is 5.02 Å². The number of hydrogen-bond donors (Lipinski definition) is 1. The van der Waals surface area contributed by atoms with Gasteiger partial charge in [-0.3, -0.25) is 9.59 Å². The van der Waals surface area contributed by atoms with Crippen LogP contribution in [0.1, 0.15) is 53.0 Å². The van der Waals surface area contributed by atoms with Crippen LogP contribution in [0.4, 0.5) is 10.1 Å². The number of benzene rings is 1. The van der Waals surface area contributed by atoms with Gasteiger partial charge in [0.1, 0.15) is 22.7 Å². The molecule has 1 N–H and O–H groups in total. The van der Waals surface area contributed by atoms with Gasteiger partial charge >= 0.3 is 0 Å². The van der Waals surface area contributed by atoms with Crippen molar-refractivity contribution in [3.05, 3.63) is 80.3 Å². The number of aromatic amines is 1. The van der Waals surface area contributed by atoms with Crippen LogP contribution in [0, 0.1) is 0 Å². The average Bonchev–Trinajstić information content (AvgIpc) is 3.18. The molecule has 0 saturated heterocycles. The zero-order valence-electron chi connectivity index (χ0n) is 17.1. The Labute approximate surface area is 183 Å². The molecular weight excluding hydrogens is 421 g/mol. The van der Waals surface area contributed by atoms with Crippen LogP contribution >= 0.6 is 11.6 Å². The lowest BCUT2D eigenvalue weighted by Gasteiger charge is -2.30. The van der Waals surface area contributed by atoms with Crippen molar-refractivity contribution in [3.63, 3.8) is 0 Å². The summed E-state index contributed by atoms with van der Waals surface area (Å²) in [5.41, 5.74) is 1.99. The van der Waals surface area contributed by atoms with Crippen molar-refractivity contribution >= 4 is 29.1 Å². The van der Waals surface area contributed by atoms with E-state index in [-0.39, 0.29) is 10.8 Å². The lowest BCUT2D eigenvalue weighted by molar-refractivity contribution is 0.102. The maximum Gasteiger partial charge on any atom is 0.285 e. The molecule has 0 bridgehead atoms.